The van der Waals surface area contributed by atoms with Crippen molar-refractivity contribution in [2.45, 2.75) is 57.1 Å². The summed E-state index contributed by atoms with van der Waals surface area (Å²) >= 11 is 0. The second-order valence-corrected chi connectivity index (χ2v) is 5.94. The Bertz CT molecular complexity index is 328. The molecular weight excluding hydrogens is 331 g/mol. The van der Waals surface area contributed by atoms with E-state index in [0.717, 1.165) is 0 Å². The Morgan fingerprint density at radius 2 is 0.857 bits per heavy atom. The van der Waals surface area contributed by atoms with Crippen molar-refractivity contribution in [2.75, 3.05) is 0 Å². The van der Waals surface area contributed by atoms with Gasteiger partial charge < -0.3 is 0 Å². The van der Waals surface area contributed by atoms with Crippen molar-refractivity contribution >= 4 is 10.2 Å². The maximum Gasteiger partial charge on any atom is 0.389 e. The first-order valence-electron chi connectivity index (χ1n) is 6.07. The van der Waals surface area contributed by atoms with Crippen LogP contribution in [0, 0.1) is 0 Å². The molecule has 10 heteroatoms. The van der Waals surface area contributed by atoms with Crippen molar-refractivity contribution in [3.63, 3.8) is 0 Å². The highest BCUT2D eigenvalue weighted by molar-refractivity contribution is 6.22. The molecule has 0 rings (SSSR count). The second-order valence-electron chi connectivity index (χ2n) is 4.73. The quantitative estimate of drug-likeness (QED) is 0.486. The van der Waals surface area contributed by atoms with Crippen LogP contribution in [0.15, 0.2) is 10.8 Å². The van der Waals surface area contributed by atoms with Gasteiger partial charge in [-0.15, -0.1) is 0 Å². The lowest BCUT2D eigenvalue weighted by Gasteiger charge is -2.16. The molecule has 0 aromatic rings. The molecule has 0 amide bonds. The summed E-state index contributed by atoms with van der Waals surface area (Å²) in [6.45, 7) is 0. The lowest BCUT2D eigenvalue weighted by Crippen LogP contribution is -2.12. The van der Waals surface area contributed by atoms with Crippen molar-refractivity contribution in [3.8, 4) is 0 Å². The van der Waals surface area contributed by atoms with Crippen LogP contribution in [-0.4, -0.2) is 28.8 Å². The summed E-state index contributed by atoms with van der Waals surface area (Å²) in [5.74, 6) is 0. The molecule has 0 nitrogen and oxygen atoms in total. The molecule has 0 aliphatic heterocycles. The van der Waals surface area contributed by atoms with Gasteiger partial charge in [0.15, 0.2) is 0 Å². The van der Waals surface area contributed by atoms with E-state index in [0.29, 0.717) is 0 Å². The van der Waals surface area contributed by atoms with Crippen molar-refractivity contribution in [3.05, 3.63) is 10.8 Å². The molecule has 126 valence electrons. The van der Waals surface area contributed by atoms with Gasteiger partial charge in [-0.2, -0.15) is 39.5 Å². The van der Waals surface area contributed by atoms with Crippen molar-refractivity contribution in [2.24, 2.45) is 0 Å². The van der Waals surface area contributed by atoms with Crippen molar-refractivity contribution in [1.82, 2.24) is 0 Å². The third-order valence-electron chi connectivity index (χ3n) is 2.81. The summed E-state index contributed by atoms with van der Waals surface area (Å²) in [4.78, 5) is 0. The molecule has 21 heavy (non-hydrogen) atoms. The van der Waals surface area contributed by atoms with Crippen LogP contribution in [-0.2, 0) is 0 Å². The van der Waals surface area contributed by atoms with Gasteiger partial charge in [0.1, 0.15) is 0 Å². The van der Waals surface area contributed by atoms with Gasteiger partial charge in [0.2, 0.25) is 0 Å². The van der Waals surface area contributed by atoms with Crippen LogP contribution in [0.3, 0.4) is 0 Å². The summed E-state index contributed by atoms with van der Waals surface area (Å²) < 4.78 is 109. The van der Waals surface area contributed by atoms with Crippen LogP contribution in [0.1, 0.15) is 38.5 Å². The van der Waals surface area contributed by atoms with E-state index in [9.17, 15) is 39.5 Å². The number of halogens is 9. The van der Waals surface area contributed by atoms with Crippen molar-refractivity contribution in [1.29, 1.82) is 0 Å². The first-order valence-corrected chi connectivity index (χ1v) is 7.07. The third kappa shape index (κ3) is 12.8. The SMILES string of the molecule is FC(F)(F)CCC([SiH3])=C(CCC(F)(F)F)CCC(F)(F)F. The molecule has 0 aliphatic carbocycles. The van der Waals surface area contributed by atoms with E-state index in [1.165, 1.54) is 0 Å². The van der Waals surface area contributed by atoms with Gasteiger partial charge in [0.05, 0.1) is 0 Å². The lowest BCUT2D eigenvalue weighted by atomic mass is 10.0. The monoisotopic (exact) mass is 346 g/mol. The molecule has 0 fully saturated rings. The van der Waals surface area contributed by atoms with Crippen molar-refractivity contribution < 1.29 is 39.5 Å². The van der Waals surface area contributed by atoms with E-state index in [4.69, 9.17) is 0 Å². The summed E-state index contributed by atoms with van der Waals surface area (Å²) in [7, 11) is 0.0127. The predicted molar refractivity (Wildman–Crippen MR) is 62.8 cm³/mol. The van der Waals surface area contributed by atoms with E-state index in [1.807, 2.05) is 0 Å². The first-order chi connectivity index (χ1) is 9.20. The highest BCUT2D eigenvalue weighted by atomic mass is 28.1. The largest absolute Gasteiger partial charge is 0.389 e. The molecular formula is C11H15F9Si. The number of hydrogen-bond donors (Lipinski definition) is 0. The van der Waals surface area contributed by atoms with Gasteiger partial charge in [-0.3, -0.25) is 0 Å². The second kappa shape index (κ2) is 7.55. The van der Waals surface area contributed by atoms with E-state index in [2.05, 4.69) is 0 Å². The molecule has 0 atom stereocenters. The van der Waals surface area contributed by atoms with E-state index < -0.39 is 57.1 Å². The fourth-order valence-corrected chi connectivity index (χ4v) is 2.39. The predicted octanol–water partition coefficient (Wildman–Crippen LogP) is 4.63. The minimum atomic E-state index is -4.55. The molecule has 0 spiro atoms. The molecule has 0 radical (unpaired) electrons. The molecule has 0 bridgehead atoms. The van der Waals surface area contributed by atoms with Gasteiger partial charge in [-0.1, -0.05) is 10.8 Å². The summed E-state index contributed by atoms with van der Waals surface area (Å²) in [6.07, 6.45) is -19.3. The number of hydrogen-bond acceptors (Lipinski definition) is 0. The Morgan fingerprint density at radius 3 is 1.14 bits per heavy atom. The van der Waals surface area contributed by atoms with E-state index in [1.54, 1.807) is 0 Å². The van der Waals surface area contributed by atoms with Gasteiger partial charge >= 0.3 is 18.5 Å². The van der Waals surface area contributed by atoms with Crippen LogP contribution in [0.4, 0.5) is 39.5 Å². The van der Waals surface area contributed by atoms with Crippen LogP contribution < -0.4 is 0 Å². The number of rotatable bonds is 6. The number of alkyl halides is 9. The average Bonchev–Trinajstić information content (AvgIpc) is 2.22. The van der Waals surface area contributed by atoms with Crippen LogP contribution >= 0.6 is 0 Å². The summed E-state index contributed by atoms with van der Waals surface area (Å²) in [6, 6.07) is 0. The molecule has 0 N–H and O–H groups in total. The molecule has 0 aromatic carbocycles. The Kier molecular flexibility index (Phi) is 7.31. The summed E-state index contributed by atoms with van der Waals surface area (Å²) in [5, 5.41) is 0.0841. The lowest BCUT2D eigenvalue weighted by molar-refractivity contribution is -0.137. The molecule has 0 saturated carbocycles. The summed E-state index contributed by atoms with van der Waals surface area (Å²) in [5.41, 5.74) is -0.138. The van der Waals surface area contributed by atoms with E-state index in [-0.39, 0.29) is 21.0 Å². The maximum atomic E-state index is 12.1. The van der Waals surface area contributed by atoms with Gasteiger partial charge in [0.25, 0.3) is 0 Å². The van der Waals surface area contributed by atoms with Crippen LogP contribution in [0.25, 0.3) is 0 Å². The zero-order valence-electron chi connectivity index (χ0n) is 11.1. The first kappa shape index (κ1) is 20.3. The normalized spacial score (nSPS) is 13.6. The smallest absolute Gasteiger partial charge is 0.171 e. The fraction of sp³-hybridized carbons (Fsp3) is 0.818. The van der Waals surface area contributed by atoms with Crippen LogP contribution in [0.2, 0.25) is 0 Å². The zero-order chi connectivity index (χ0) is 16.9. The Balaban J connectivity index is 4.83. The average molecular weight is 346 g/mol. The minimum Gasteiger partial charge on any atom is -0.171 e. The fourth-order valence-electron chi connectivity index (χ4n) is 1.64. The van der Waals surface area contributed by atoms with Gasteiger partial charge in [0, 0.05) is 29.5 Å². The zero-order valence-corrected chi connectivity index (χ0v) is 13.1. The molecule has 0 aliphatic rings. The molecule has 0 unspecified atom stereocenters. The number of allylic oxidation sites excluding steroid dienone is 2. The third-order valence-corrected chi connectivity index (χ3v) is 4.01. The standard InChI is InChI=1S/C11H15F9Si/c12-9(13,14)4-1-7(2-5-10(15,16)17)8(21)3-6-11(18,19)20/h1-6H2,21H3. The van der Waals surface area contributed by atoms with Gasteiger partial charge in [-0.05, 0) is 19.3 Å². The molecule has 0 heterocycles. The molecule has 0 saturated heterocycles. The topological polar surface area (TPSA) is 0 Å². The Labute approximate surface area is 118 Å². The molecule has 0 aromatic heterocycles. The highest BCUT2D eigenvalue weighted by Gasteiger charge is 2.31. The highest BCUT2D eigenvalue weighted by Crippen LogP contribution is 2.32. The van der Waals surface area contributed by atoms with Crippen LogP contribution in [0.5, 0.6) is 0 Å². The maximum absolute atomic E-state index is 12.1. The Morgan fingerprint density at radius 1 is 0.571 bits per heavy atom. The van der Waals surface area contributed by atoms with Gasteiger partial charge in [-0.25, -0.2) is 0 Å². The Hall–Kier alpha value is -0.673. The van der Waals surface area contributed by atoms with E-state index >= 15 is 0 Å². The minimum absolute atomic E-state index is 0.0127.